The van der Waals surface area contributed by atoms with Gasteiger partial charge in [0.1, 0.15) is 19.8 Å². The molecule has 0 aliphatic carbocycles. The lowest BCUT2D eigenvalue weighted by molar-refractivity contribution is -0.870. The zero-order valence-corrected chi connectivity index (χ0v) is 29.3. The van der Waals surface area contributed by atoms with E-state index in [1.165, 1.54) is 96.3 Å². The van der Waals surface area contributed by atoms with E-state index in [9.17, 15) is 19.0 Å². The molecule has 10 heteroatoms. The maximum atomic E-state index is 12.2. The van der Waals surface area contributed by atoms with Gasteiger partial charge in [-0.25, -0.2) is 0 Å². The van der Waals surface area contributed by atoms with Crippen LogP contribution in [0.2, 0.25) is 0 Å². The van der Waals surface area contributed by atoms with Crippen molar-refractivity contribution < 1.29 is 42.1 Å². The van der Waals surface area contributed by atoms with Crippen molar-refractivity contribution in [3.63, 3.8) is 0 Å². The van der Waals surface area contributed by atoms with Gasteiger partial charge in [-0.1, -0.05) is 123 Å². The van der Waals surface area contributed by atoms with Gasteiger partial charge in [0.25, 0.3) is 7.82 Å². The summed E-state index contributed by atoms with van der Waals surface area (Å²) in [6, 6.07) is 0. The summed E-state index contributed by atoms with van der Waals surface area (Å²) in [4.78, 5) is 36.3. The van der Waals surface area contributed by atoms with Crippen molar-refractivity contribution in [3.05, 3.63) is 0 Å². The number of hydrogen-bond donors (Lipinski definition) is 0. The maximum absolute atomic E-state index is 12.2. The molecule has 0 heterocycles. The standard InChI is InChI=1S/C33H66NO8P/c1-6-8-9-10-11-12-13-14-15-16-17-18-19-20-21-22-23-24-26-32(35)39-29-31(42-33(36)25-7-2)30-41-43(37,38)40-28-27-34(3,4)5/h31H,6-30H2,1-5H3/t31-/m1/s1. The predicted octanol–water partition coefficient (Wildman–Crippen LogP) is 7.88. The summed E-state index contributed by atoms with van der Waals surface area (Å²) in [5.74, 6) is -0.889. The van der Waals surface area contributed by atoms with Crippen LogP contribution in [0.3, 0.4) is 0 Å². The minimum absolute atomic E-state index is 0.0288. The fourth-order valence-corrected chi connectivity index (χ4v) is 5.36. The van der Waals surface area contributed by atoms with Crippen LogP contribution < -0.4 is 4.89 Å². The van der Waals surface area contributed by atoms with Gasteiger partial charge in [0, 0.05) is 12.8 Å². The summed E-state index contributed by atoms with van der Waals surface area (Å²) in [6.07, 6.45) is 23.1. The Hall–Kier alpha value is -0.990. The Balaban J connectivity index is 3.94. The summed E-state index contributed by atoms with van der Waals surface area (Å²) in [5.41, 5.74) is 0. The SMILES string of the molecule is CCCCCCCCCCCCCCCCCCCCC(=O)OC[C@H](COP(=O)([O-])OCC[N+](C)(C)C)OC(=O)CCC. The molecule has 256 valence electrons. The molecule has 0 aliphatic rings. The van der Waals surface area contributed by atoms with Crippen LogP contribution in [0.1, 0.15) is 149 Å². The van der Waals surface area contributed by atoms with Gasteiger partial charge in [-0.3, -0.25) is 14.2 Å². The first-order valence-electron chi connectivity index (χ1n) is 17.2. The topological polar surface area (TPSA) is 111 Å². The normalized spacial score (nSPS) is 13.9. The van der Waals surface area contributed by atoms with Gasteiger partial charge in [0.15, 0.2) is 6.10 Å². The highest BCUT2D eigenvalue weighted by atomic mass is 31.2. The molecule has 0 aromatic rings. The molecule has 0 bridgehead atoms. The van der Waals surface area contributed by atoms with E-state index >= 15 is 0 Å². The minimum Gasteiger partial charge on any atom is -0.756 e. The van der Waals surface area contributed by atoms with Gasteiger partial charge in [-0.05, 0) is 12.8 Å². The average Bonchev–Trinajstić information content (AvgIpc) is 2.93. The molecule has 0 N–H and O–H groups in total. The fourth-order valence-electron chi connectivity index (χ4n) is 4.63. The molecule has 1 unspecified atom stereocenters. The number of carbonyl (C=O) groups is 2. The Morgan fingerprint density at radius 1 is 0.628 bits per heavy atom. The number of hydrogen-bond acceptors (Lipinski definition) is 8. The maximum Gasteiger partial charge on any atom is 0.306 e. The van der Waals surface area contributed by atoms with Crippen LogP contribution in [-0.4, -0.2) is 70.0 Å². The number of phosphoric acid groups is 1. The number of nitrogens with zero attached hydrogens (tertiary/aromatic N) is 1. The molecule has 0 fully saturated rings. The minimum atomic E-state index is -4.58. The number of carbonyl (C=O) groups excluding carboxylic acids is 2. The molecule has 0 aromatic carbocycles. The van der Waals surface area contributed by atoms with Crippen LogP contribution in [0.15, 0.2) is 0 Å². The molecule has 0 saturated heterocycles. The third-order valence-electron chi connectivity index (χ3n) is 7.35. The van der Waals surface area contributed by atoms with E-state index < -0.39 is 32.5 Å². The second-order valence-electron chi connectivity index (χ2n) is 12.9. The van der Waals surface area contributed by atoms with Gasteiger partial charge in [0.2, 0.25) is 0 Å². The third kappa shape index (κ3) is 30.8. The van der Waals surface area contributed by atoms with Crippen LogP contribution >= 0.6 is 7.82 Å². The highest BCUT2D eigenvalue weighted by Crippen LogP contribution is 2.38. The van der Waals surface area contributed by atoms with E-state index in [4.69, 9.17) is 18.5 Å². The monoisotopic (exact) mass is 635 g/mol. The summed E-state index contributed by atoms with van der Waals surface area (Å²) in [6.45, 7) is 3.82. The van der Waals surface area contributed by atoms with Gasteiger partial charge >= 0.3 is 11.9 Å². The molecule has 2 atom stereocenters. The highest BCUT2D eigenvalue weighted by molar-refractivity contribution is 7.45. The van der Waals surface area contributed by atoms with Crippen molar-refractivity contribution >= 4 is 19.8 Å². The van der Waals surface area contributed by atoms with Crippen molar-refractivity contribution in [1.82, 2.24) is 0 Å². The van der Waals surface area contributed by atoms with Gasteiger partial charge in [-0.2, -0.15) is 0 Å². The van der Waals surface area contributed by atoms with Gasteiger partial charge < -0.3 is 27.9 Å². The lowest BCUT2D eigenvalue weighted by Gasteiger charge is -2.28. The second kappa shape index (κ2) is 27.3. The van der Waals surface area contributed by atoms with Crippen molar-refractivity contribution in [2.24, 2.45) is 0 Å². The van der Waals surface area contributed by atoms with Crippen LogP contribution in [0, 0.1) is 0 Å². The van der Waals surface area contributed by atoms with Crippen molar-refractivity contribution in [2.45, 2.75) is 155 Å². The lowest BCUT2D eigenvalue weighted by Crippen LogP contribution is -2.37. The first-order valence-corrected chi connectivity index (χ1v) is 18.7. The van der Waals surface area contributed by atoms with Crippen molar-refractivity contribution in [3.8, 4) is 0 Å². The van der Waals surface area contributed by atoms with E-state index in [0.717, 1.165) is 19.3 Å². The van der Waals surface area contributed by atoms with Gasteiger partial charge in [0.05, 0.1) is 27.7 Å². The summed E-state index contributed by atoms with van der Waals surface area (Å²) in [5, 5.41) is 0. The average molecular weight is 636 g/mol. The Labute approximate surface area is 264 Å². The van der Waals surface area contributed by atoms with Crippen LogP contribution in [0.25, 0.3) is 0 Å². The molecule has 0 radical (unpaired) electrons. The zero-order chi connectivity index (χ0) is 32.2. The smallest absolute Gasteiger partial charge is 0.306 e. The number of unbranched alkanes of at least 4 members (excludes halogenated alkanes) is 17. The lowest BCUT2D eigenvalue weighted by atomic mass is 10.0. The molecule has 0 spiro atoms. The highest BCUT2D eigenvalue weighted by Gasteiger charge is 2.21. The molecule has 0 aromatic heterocycles. The number of ether oxygens (including phenoxy) is 2. The summed E-state index contributed by atoms with van der Waals surface area (Å²) >= 11 is 0. The van der Waals surface area contributed by atoms with Crippen LogP contribution in [0.5, 0.6) is 0 Å². The number of esters is 2. The molecule has 43 heavy (non-hydrogen) atoms. The van der Waals surface area contributed by atoms with E-state index in [2.05, 4.69) is 6.92 Å². The molecule has 0 saturated carbocycles. The second-order valence-corrected chi connectivity index (χ2v) is 14.3. The van der Waals surface area contributed by atoms with Crippen LogP contribution in [-0.2, 0) is 32.7 Å². The molecule has 9 nitrogen and oxygen atoms in total. The molecular weight excluding hydrogens is 569 g/mol. The molecule has 0 rings (SSSR count). The van der Waals surface area contributed by atoms with E-state index in [1.807, 2.05) is 28.1 Å². The summed E-state index contributed by atoms with van der Waals surface area (Å²) in [7, 11) is 1.17. The quantitative estimate of drug-likeness (QED) is 0.0327. The van der Waals surface area contributed by atoms with Gasteiger partial charge in [-0.15, -0.1) is 0 Å². The number of likely N-dealkylation sites (N-methyl/N-ethyl adjacent to an activating group) is 1. The Kier molecular flexibility index (Phi) is 26.7. The zero-order valence-electron chi connectivity index (χ0n) is 28.4. The molecule has 0 aliphatic heterocycles. The van der Waals surface area contributed by atoms with Crippen molar-refractivity contribution in [2.75, 3.05) is 47.5 Å². The fraction of sp³-hybridized carbons (Fsp3) is 0.939. The van der Waals surface area contributed by atoms with E-state index in [-0.39, 0.29) is 26.1 Å². The number of quaternary nitrogens is 1. The number of rotatable bonds is 31. The molecule has 0 amide bonds. The Bertz CT molecular complexity index is 728. The van der Waals surface area contributed by atoms with Crippen LogP contribution in [0.4, 0.5) is 0 Å². The Morgan fingerprint density at radius 2 is 1.09 bits per heavy atom. The summed E-state index contributed by atoms with van der Waals surface area (Å²) < 4.78 is 33.0. The molecular formula is C33H66NO8P. The van der Waals surface area contributed by atoms with Crippen molar-refractivity contribution in [1.29, 1.82) is 0 Å². The number of phosphoric ester groups is 1. The predicted molar refractivity (Wildman–Crippen MR) is 172 cm³/mol. The first kappa shape index (κ1) is 42.0. The largest absolute Gasteiger partial charge is 0.756 e. The Morgan fingerprint density at radius 3 is 1.53 bits per heavy atom. The van der Waals surface area contributed by atoms with E-state index in [1.54, 1.807) is 0 Å². The first-order chi connectivity index (χ1) is 20.5. The van der Waals surface area contributed by atoms with E-state index in [0.29, 0.717) is 17.4 Å². The third-order valence-corrected chi connectivity index (χ3v) is 8.31.